The molecule has 0 saturated heterocycles. The standard InChI is InChI=1S/C11H9ClF3N3S/c1-6(7-3-2-4-19-7)16-9-5-8(11(13,14)15)17-10(12)18-9/h2-6H,1H3,(H,16,17,18). The van der Waals surface area contributed by atoms with Crippen LogP contribution >= 0.6 is 22.9 Å². The van der Waals surface area contributed by atoms with E-state index in [0.717, 1.165) is 10.9 Å². The summed E-state index contributed by atoms with van der Waals surface area (Å²) in [5.41, 5.74) is -1.06. The smallest absolute Gasteiger partial charge is 0.363 e. The summed E-state index contributed by atoms with van der Waals surface area (Å²) in [5.74, 6) is 0.0493. The molecule has 0 bridgehead atoms. The minimum atomic E-state index is -4.55. The number of hydrogen-bond donors (Lipinski definition) is 1. The average molecular weight is 308 g/mol. The molecular formula is C11H9ClF3N3S. The Labute approximate surface area is 116 Å². The van der Waals surface area contributed by atoms with Crippen molar-refractivity contribution in [1.82, 2.24) is 9.97 Å². The van der Waals surface area contributed by atoms with Crippen molar-refractivity contribution < 1.29 is 13.2 Å². The maximum absolute atomic E-state index is 12.6. The quantitative estimate of drug-likeness (QED) is 0.855. The molecule has 2 rings (SSSR count). The van der Waals surface area contributed by atoms with Crippen LogP contribution in [0.5, 0.6) is 0 Å². The van der Waals surface area contributed by atoms with Gasteiger partial charge in [-0.2, -0.15) is 13.2 Å². The number of anilines is 1. The van der Waals surface area contributed by atoms with Gasteiger partial charge in [0.1, 0.15) is 5.82 Å². The number of nitrogens with zero attached hydrogens (tertiary/aromatic N) is 2. The first kappa shape index (κ1) is 14.1. The molecule has 102 valence electrons. The molecule has 0 fully saturated rings. The topological polar surface area (TPSA) is 37.8 Å². The molecule has 3 nitrogen and oxygen atoms in total. The predicted molar refractivity (Wildman–Crippen MR) is 68.4 cm³/mol. The fourth-order valence-corrected chi connectivity index (χ4v) is 2.38. The Morgan fingerprint density at radius 1 is 1.37 bits per heavy atom. The highest BCUT2D eigenvalue weighted by Crippen LogP contribution is 2.30. The summed E-state index contributed by atoms with van der Waals surface area (Å²) in [6.45, 7) is 1.83. The highest BCUT2D eigenvalue weighted by molar-refractivity contribution is 7.10. The highest BCUT2D eigenvalue weighted by atomic mass is 35.5. The molecule has 0 aliphatic carbocycles. The van der Waals surface area contributed by atoms with E-state index in [2.05, 4.69) is 15.3 Å². The maximum Gasteiger partial charge on any atom is 0.433 e. The Morgan fingerprint density at radius 3 is 2.68 bits per heavy atom. The van der Waals surface area contributed by atoms with Gasteiger partial charge in [-0.3, -0.25) is 0 Å². The number of nitrogens with one attached hydrogen (secondary N) is 1. The normalized spacial score (nSPS) is 13.3. The zero-order valence-electron chi connectivity index (χ0n) is 9.70. The molecule has 2 aromatic rings. The van der Waals surface area contributed by atoms with Crippen molar-refractivity contribution in [2.24, 2.45) is 0 Å². The molecule has 0 aliphatic heterocycles. The van der Waals surface area contributed by atoms with Crippen molar-refractivity contribution in [3.8, 4) is 0 Å². The van der Waals surface area contributed by atoms with Gasteiger partial charge >= 0.3 is 6.18 Å². The van der Waals surface area contributed by atoms with Crippen LogP contribution in [-0.4, -0.2) is 9.97 Å². The van der Waals surface area contributed by atoms with E-state index in [1.54, 1.807) is 0 Å². The second kappa shape index (κ2) is 5.34. The van der Waals surface area contributed by atoms with Crippen LogP contribution in [0.4, 0.5) is 19.0 Å². The zero-order valence-corrected chi connectivity index (χ0v) is 11.3. The molecular weight excluding hydrogens is 299 g/mol. The molecule has 0 aromatic carbocycles. The lowest BCUT2D eigenvalue weighted by molar-refractivity contribution is -0.141. The van der Waals surface area contributed by atoms with Gasteiger partial charge in [0.05, 0.1) is 6.04 Å². The molecule has 1 N–H and O–H groups in total. The number of thiophene rings is 1. The molecule has 2 aromatic heterocycles. The van der Waals surface area contributed by atoms with Crippen LogP contribution in [0.15, 0.2) is 23.6 Å². The monoisotopic (exact) mass is 307 g/mol. The third-order valence-electron chi connectivity index (χ3n) is 2.32. The summed E-state index contributed by atoms with van der Waals surface area (Å²) in [4.78, 5) is 7.90. The van der Waals surface area contributed by atoms with Crippen molar-refractivity contribution in [2.75, 3.05) is 5.32 Å². The van der Waals surface area contributed by atoms with Crippen LogP contribution in [0.25, 0.3) is 0 Å². The van der Waals surface area contributed by atoms with Crippen molar-refractivity contribution >= 4 is 28.8 Å². The molecule has 2 heterocycles. The van der Waals surface area contributed by atoms with E-state index >= 15 is 0 Å². The van der Waals surface area contributed by atoms with Gasteiger partial charge in [-0.1, -0.05) is 6.07 Å². The van der Waals surface area contributed by atoms with Gasteiger partial charge in [0.15, 0.2) is 5.69 Å². The number of halogens is 4. The Kier molecular flexibility index (Phi) is 3.96. The Balaban J connectivity index is 2.23. The first-order chi connectivity index (χ1) is 8.86. The van der Waals surface area contributed by atoms with Crippen molar-refractivity contribution in [1.29, 1.82) is 0 Å². The summed E-state index contributed by atoms with van der Waals surface area (Å²) in [7, 11) is 0. The Morgan fingerprint density at radius 2 is 2.11 bits per heavy atom. The van der Waals surface area contributed by atoms with Crippen LogP contribution in [0, 0.1) is 0 Å². The summed E-state index contributed by atoms with van der Waals surface area (Å²) in [6.07, 6.45) is -4.55. The third-order valence-corrected chi connectivity index (χ3v) is 3.55. The molecule has 0 aliphatic rings. The van der Waals surface area contributed by atoms with Gasteiger partial charge < -0.3 is 5.32 Å². The van der Waals surface area contributed by atoms with Gasteiger partial charge in [0, 0.05) is 10.9 Å². The third kappa shape index (κ3) is 3.57. The number of alkyl halides is 3. The van der Waals surface area contributed by atoms with E-state index in [4.69, 9.17) is 11.6 Å². The minimum Gasteiger partial charge on any atom is -0.363 e. The van der Waals surface area contributed by atoms with Crippen molar-refractivity contribution in [3.05, 3.63) is 39.4 Å². The first-order valence-corrected chi connectivity index (χ1v) is 6.54. The maximum atomic E-state index is 12.6. The van der Waals surface area contributed by atoms with Gasteiger partial charge in [-0.05, 0) is 30.0 Å². The fraction of sp³-hybridized carbons (Fsp3) is 0.273. The minimum absolute atomic E-state index is 0.0493. The van der Waals surface area contributed by atoms with Crippen LogP contribution in [-0.2, 0) is 6.18 Å². The SMILES string of the molecule is CC(Nc1cc(C(F)(F)F)nc(Cl)n1)c1cccs1. The lowest BCUT2D eigenvalue weighted by Crippen LogP contribution is -2.12. The van der Waals surface area contributed by atoms with E-state index in [1.807, 2.05) is 24.4 Å². The Bertz CT molecular complexity index is 557. The van der Waals surface area contributed by atoms with Gasteiger partial charge in [0.2, 0.25) is 5.28 Å². The molecule has 1 unspecified atom stereocenters. The molecule has 19 heavy (non-hydrogen) atoms. The molecule has 0 saturated carbocycles. The first-order valence-electron chi connectivity index (χ1n) is 5.28. The Hall–Kier alpha value is -1.34. The van der Waals surface area contributed by atoms with Crippen molar-refractivity contribution in [2.45, 2.75) is 19.1 Å². The van der Waals surface area contributed by atoms with Gasteiger partial charge in [0.25, 0.3) is 0 Å². The fourth-order valence-electron chi connectivity index (χ4n) is 1.47. The second-order valence-corrected chi connectivity index (χ2v) is 5.10. The van der Waals surface area contributed by atoms with Crippen LogP contribution in [0.1, 0.15) is 23.5 Å². The lowest BCUT2D eigenvalue weighted by Gasteiger charge is -2.14. The van der Waals surface area contributed by atoms with E-state index in [1.165, 1.54) is 11.3 Å². The summed E-state index contributed by atoms with van der Waals surface area (Å²) in [5, 5.41) is 4.33. The second-order valence-electron chi connectivity index (χ2n) is 3.79. The summed E-state index contributed by atoms with van der Waals surface area (Å²) >= 11 is 7.01. The van der Waals surface area contributed by atoms with Gasteiger partial charge in [-0.15, -0.1) is 11.3 Å². The van der Waals surface area contributed by atoms with E-state index < -0.39 is 17.2 Å². The van der Waals surface area contributed by atoms with Crippen LogP contribution in [0.3, 0.4) is 0 Å². The largest absolute Gasteiger partial charge is 0.433 e. The summed E-state index contributed by atoms with van der Waals surface area (Å²) < 4.78 is 37.8. The molecule has 0 amide bonds. The summed E-state index contributed by atoms with van der Waals surface area (Å²) in [6, 6.07) is 4.44. The number of hydrogen-bond acceptors (Lipinski definition) is 4. The molecule has 8 heteroatoms. The zero-order chi connectivity index (χ0) is 14.0. The van der Waals surface area contributed by atoms with E-state index in [0.29, 0.717) is 0 Å². The molecule has 0 spiro atoms. The molecule has 1 atom stereocenters. The number of rotatable bonds is 3. The van der Waals surface area contributed by atoms with E-state index in [9.17, 15) is 13.2 Å². The van der Waals surface area contributed by atoms with Crippen LogP contribution < -0.4 is 5.32 Å². The number of aromatic nitrogens is 2. The molecule has 0 radical (unpaired) electrons. The van der Waals surface area contributed by atoms with E-state index in [-0.39, 0.29) is 11.9 Å². The van der Waals surface area contributed by atoms with Crippen LogP contribution in [0.2, 0.25) is 5.28 Å². The van der Waals surface area contributed by atoms with Crippen molar-refractivity contribution in [3.63, 3.8) is 0 Å². The predicted octanol–water partition coefficient (Wildman–Crippen LogP) is 4.38. The average Bonchev–Trinajstić information content (AvgIpc) is 2.80. The lowest BCUT2D eigenvalue weighted by atomic mass is 10.2. The van der Waals surface area contributed by atoms with Gasteiger partial charge in [-0.25, -0.2) is 9.97 Å². The highest BCUT2D eigenvalue weighted by Gasteiger charge is 2.33.